The van der Waals surface area contributed by atoms with Gasteiger partial charge in [-0.05, 0) is 71.8 Å². The minimum absolute atomic E-state index is 0. The van der Waals surface area contributed by atoms with Crippen LogP contribution in [0.2, 0.25) is 0 Å². The molecule has 0 saturated heterocycles. The largest absolute Gasteiger partial charge is 1.00 e. The Morgan fingerprint density at radius 1 is 0.806 bits per heavy atom. The molecule has 7 rings (SSSR count). The Bertz CT molecular complexity index is 2940. The van der Waals surface area contributed by atoms with Gasteiger partial charge in [0.2, 0.25) is 11.8 Å². The second-order valence-electron chi connectivity index (χ2n) is 15.1. The number of aliphatic hydroxyl groups excluding tert-OH is 1. The predicted molar refractivity (Wildman–Crippen MR) is 238 cm³/mol. The van der Waals surface area contributed by atoms with Gasteiger partial charge in [0.1, 0.15) is 51.2 Å². The minimum atomic E-state index is -4.46. The van der Waals surface area contributed by atoms with Crippen LogP contribution in [0.3, 0.4) is 0 Å². The van der Waals surface area contributed by atoms with Gasteiger partial charge >= 0.3 is 51.4 Å². The van der Waals surface area contributed by atoms with E-state index in [1.54, 1.807) is 57.3 Å². The first-order valence-corrected chi connectivity index (χ1v) is 22.6. The normalized spacial score (nSPS) is 12.8. The Balaban J connectivity index is 0.000000262. The molecule has 17 nitrogen and oxygen atoms in total. The zero-order valence-corrected chi connectivity index (χ0v) is 41.8. The Morgan fingerprint density at radius 3 is 1.90 bits per heavy atom. The van der Waals surface area contributed by atoms with Gasteiger partial charge in [-0.1, -0.05) is 20.8 Å². The smallest absolute Gasteiger partial charge is 0.850 e. The first-order valence-electron chi connectivity index (χ1n) is 19.7. The van der Waals surface area contributed by atoms with Gasteiger partial charge < -0.3 is 25.6 Å². The molecule has 0 aliphatic carbocycles. The number of pyridine rings is 4. The molecule has 3 N–H and O–H groups in total. The van der Waals surface area contributed by atoms with Crippen LogP contribution in [-0.2, 0) is 29.6 Å². The number of halogens is 3. The van der Waals surface area contributed by atoms with E-state index in [0.29, 0.717) is 45.6 Å². The van der Waals surface area contributed by atoms with Crippen LogP contribution in [0, 0.1) is 17.5 Å². The third kappa shape index (κ3) is 15.1. The number of rotatable bonds is 10. The van der Waals surface area contributed by atoms with Crippen LogP contribution in [0.5, 0.6) is 5.75 Å². The fraction of sp³-hybridized carbons (Fsp3) is 0.227. The van der Waals surface area contributed by atoms with Crippen molar-refractivity contribution < 1.29 is 106 Å². The molecular weight excluding hydrogens is 945 g/mol. The number of carbonyl (C=O) groups is 2. The maximum atomic E-state index is 14.2. The summed E-state index contributed by atoms with van der Waals surface area (Å²) in [5.41, 5.74) is 2.07. The zero-order chi connectivity index (χ0) is 48.4. The average Bonchev–Trinajstić information content (AvgIpc) is 3.36. The molecule has 0 saturated carbocycles. The van der Waals surface area contributed by atoms with Crippen LogP contribution in [0.25, 0.3) is 22.3 Å². The van der Waals surface area contributed by atoms with E-state index in [0.717, 1.165) is 28.6 Å². The van der Waals surface area contributed by atoms with Crippen molar-refractivity contribution in [2.75, 3.05) is 45.5 Å². The number of ether oxygens (including phenoxy) is 1. The van der Waals surface area contributed by atoms with Crippen molar-refractivity contribution in [3.8, 4) is 28.0 Å². The number of aliphatic hydroxyl groups is 1. The van der Waals surface area contributed by atoms with Crippen molar-refractivity contribution in [2.24, 2.45) is 0 Å². The first-order chi connectivity index (χ1) is 31.1. The first kappa shape index (κ1) is 54.2. The Morgan fingerprint density at radius 2 is 1.34 bits per heavy atom. The number of nitrogens with one attached hydrogen (secondary N) is 2. The van der Waals surface area contributed by atoms with E-state index in [1.807, 2.05) is 0 Å². The zero-order valence-electron chi connectivity index (χ0n) is 37.1. The van der Waals surface area contributed by atoms with E-state index < -0.39 is 54.6 Å². The molecule has 0 spiro atoms. The summed E-state index contributed by atoms with van der Waals surface area (Å²) in [5, 5.41) is 24.7. The quantitative estimate of drug-likeness (QED) is 0.168. The SMILES string of the molecule is CC(=O)Nc1cc(-c2cncc(N(CCO)S(=O)(=O)c3ccc(F)cc3F)c2)ccn1.CC(=O)Nc1cc(-c2cncc(N3CCOc4cc(F)ccc4S3(=O)=O)c2)ccn1.CC(C)(C)[O-].[K+]. The summed E-state index contributed by atoms with van der Waals surface area (Å²) >= 11 is 0. The Hall–Kier alpha value is -5.37. The summed E-state index contributed by atoms with van der Waals surface area (Å²) in [6, 6.07) is 15.2. The van der Waals surface area contributed by atoms with Gasteiger partial charge in [0, 0.05) is 61.9 Å². The third-order valence-electron chi connectivity index (χ3n) is 8.61. The van der Waals surface area contributed by atoms with Crippen LogP contribution >= 0.6 is 0 Å². The van der Waals surface area contributed by atoms with E-state index in [9.17, 15) is 49.8 Å². The van der Waals surface area contributed by atoms with Crippen LogP contribution in [0.1, 0.15) is 34.6 Å². The van der Waals surface area contributed by atoms with Crippen LogP contribution in [-0.4, -0.2) is 85.6 Å². The number of nitrogens with zero attached hydrogens (tertiary/aromatic N) is 6. The summed E-state index contributed by atoms with van der Waals surface area (Å²) in [6.07, 6.45) is 8.73. The van der Waals surface area contributed by atoms with Gasteiger partial charge in [0.25, 0.3) is 20.0 Å². The van der Waals surface area contributed by atoms with Gasteiger partial charge in [0.15, 0.2) is 0 Å². The molecule has 1 aliphatic rings. The van der Waals surface area contributed by atoms with E-state index in [1.165, 1.54) is 61.3 Å². The van der Waals surface area contributed by atoms with Crippen molar-refractivity contribution in [3.63, 3.8) is 0 Å². The summed E-state index contributed by atoms with van der Waals surface area (Å²) in [6.45, 7) is 6.79. The standard InChI is InChI=1S/C20H18F2N4O4S.C20H17FN4O4S.C4H9O.K/c1-13(28)25-20-9-14(4-5-24-20)15-8-17(12-23-11-15)26(6-7-27)31(29,30)19-3-2-16(21)10-18(19)22;1-13(26)24-20-9-14(4-5-23-20)15-8-17(12-22-11-15)25-6-7-29-18-10-16(21)2-3-19(18)30(25,27)28;1-4(2,3)5;/h2-5,8-12,27H,6-7H2,1H3,(H,24,25,28);2-5,8-12H,6-7H2,1H3,(H,23,24,26);1-3H3;/q;;-1;+1. The van der Waals surface area contributed by atoms with E-state index in [2.05, 4.69) is 30.6 Å². The predicted octanol–water partition coefficient (Wildman–Crippen LogP) is 2.55. The van der Waals surface area contributed by atoms with Crippen molar-refractivity contribution in [1.29, 1.82) is 0 Å². The molecule has 2 aromatic carbocycles. The molecule has 0 radical (unpaired) electrons. The number of sulfonamides is 2. The molecule has 2 amide bonds. The summed E-state index contributed by atoms with van der Waals surface area (Å²) < 4.78 is 101. The number of hydrogen-bond donors (Lipinski definition) is 3. The minimum Gasteiger partial charge on any atom is -0.850 e. The number of benzene rings is 2. The van der Waals surface area contributed by atoms with Crippen molar-refractivity contribution in [1.82, 2.24) is 19.9 Å². The van der Waals surface area contributed by atoms with Crippen LogP contribution in [0.15, 0.2) is 120 Å². The maximum Gasteiger partial charge on any atom is 1.00 e. The molecule has 0 bridgehead atoms. The number of aromatic nitrogens is 4. The van der Waals surface area contributed by atoms with E-state index in [4.69, 9.17) is 4.74 Å². The Kier molecular flexibility index (Phi) is 19.1. The number of hydrogen-bond acceptors (Lipinski definition) is 13. The summed E-state index contributed by atoms with van der Waals surface area (Å²) in [7, 11) is -8.44. The maximum absolute atomic E-state index is 14.2. The van der Waals surface area contributed by atoms with E-state index >= 15 is 0 Å². The molecule has 4 aromatic heterocycles. The van der Waals surface area contributed by atoms with Crippen molar-refractivity contribution >= 4 is 54.9 Å². The molecule has 6 aromatic rings. The van der Waals surface area contributed by atoms with Gasteiger partial charge in [-0.15, -0.1) is 5.60 Å². The van der Waals surface area contributed by atoms with Gasteiger partial charge in [-0.2, -0.15) is 0 Å². The average molecular weight is 989 g/mol. The van der Waals surface area contributed by atoms with Gasteiger partial charge in [0.05, 0.1) is 43.5 Å². The Labute approximate surface area is 428 Å². The van der Waals surface area contributed by atoms with Crippen molar-refractivity contribution in [2.45, 2.75) is 50.0 Å². The third-order valence-corrected chi connectivity index (χ3v) is 12.3. The number of carbonyl (C=O) groups excluding carboxylic acids is 2. The molecule has 0 fully saturated rings. The van der Waals surface area contributed by atoms with Crippen molar-refractivity contribution in [3.05, 3.63) is 127 Å². The second-order valence-corrected chi connectivity index (χ2v) is 18.8. The van der Waals surface area contributed by atoms with Gasteiger partial charge in [-0.25, -0.2) is 40.0 Å². The van der Waals surface area contributed by atoms with Gasteiger partial charge in [-0.3, -0.25) is 28.2 Å². The topological polar surface area (TPSA) is 237 Å². The van der Waals surface area contributed by atoms with Crippen LogP contribution in [0.4, 0.5) is 36.2 Å². The van der Waals surface area contributed by atoms with E-state index in [-0.39, 0.29) is 99.2 Å². The molecule has 0 unspecified atom stereocenters. The molecule has 5 heterocycles. The molecule has 348 valence electrons. The fourth-order valence-corrected chi connectivity index (χ4v) is 9.02. The number of fused-ring (bicyclic) bond motifs is 1. The number of amides is 2. The molecule has 1 aliphatic heterocycles. The summed E-state index contributed by atoms with van der Waals surface area (Å²) in [4.78, 5) is 38.0. The van der Waals surface area contributed by atoms with Crippen LogP contribution < -0.4 is 80.5 Å². The summed E-state index contributed by atoms with van der Waals surface area (Å²) in [5.74, 6) is -2.65. The molecule has 67 heavy (non-hydrogen) atoms. The second kappa shape index (κ2) is 23.6. The molecule has 23 heteroatoms. The fourth-order valence-electron chi connectivity index (χ4n) is 6.00. The number of anilines is 4. The monoisotopic (exact) mass is 988 g/mol. The molecule has 0 atom stereocenters. The molecular formula is C44H44F3KN8O9S2.